The van der Waals surface area contributed by atoms with Crippen LogP contribution in [-0.2, 0) is 0 Å². The van der Waals surface area contributed by atoms with E-state index in [4.69, 9.17) is 10.1 Å². The van der Waals surface area contributed by atoms with Gasteiger partial charge >= 0.3 is 5.69 Å². The van der Waals surface area contributed by atoms with Crippen molar-refractivity contribution in [3.05, 3.63) is 146 Å². The van der Waals surface area contributed by atoms with Crippen LogP contribution in [0.15, 0.2) is 106 Å². The maximum absolute atomic E-state index is 15.3. The Labute approximate surface area is 256 Å². The topological polar surface area (TPSA) is 131 Å². The molecule has 45 heavy (non-hydrogen) atoms. The minimum atomic E-state index is -0.921. The number of rotatable bonds is 8. The van der Waals surface area contributed by atoms with Gasteiger partial charge in [-0.3, -0.25) is 19.1 Å². The van der Waals surface area contributed by atoms with Gasteiger partial charge in [0.05, 0.1) is 17.1 Å². The molecule has 0 bridgehead atoms. The van der Waals surface area contributed by atoms with Gasteiger partial charge in [0, 0.05) is 47.7 Å². The molecule has 0 aliphatic carbocycles. The maximum Gasteiger partial charge on any atom is 0.335 e. The number of amides is 1. The minimum absolute atomic E-state index is 0.0235. The molecular formula is C33H28F2N6O4. The van der Waals surface area contributed by atoms with Crippen LogP contribution in [0.5, 0.6) is 5.75 Å². The number of aryl methyl sites for hydroxylation is 1. The van der Waals surface area contributed by atoms with Crippen LogP contribution in [0.25, 0.3) is 11.3 Å². The monoisotopic (exact) mass is 610 g/mol. The van der Waals surface area contributed by atoms with E-state index in [1.165, 1.54) is 34.9 Å². The molecular weight excluding hydrogens is 582 g/mol. The summed E-state index contributed by atoms with van der Waals surface area (Å²) in [7, 11) is 0. The van der Waals surface area contributed by atoms with E-state index in [-0.39, 0.29) is 28.4 Å². The molecule has 0 unspecified atom stereocenters. The van der Waals surface area contributed by atoms with Gasteiger partial charge in [-0.1, -0.05) is 6.07 Å². The standard InChI is InChI=1S/C33H28F2N6O4/c1-19(2)40-18-25(32(43)41(33(40)44)24-10-7-22(34)8-11-24)31(42)39-23-9-12-29(26(35)16-23)45-30-15-21(17-37-28(30)13-14-36)27-6-4-5-20(3)38-27/h4-19,36-37H,1-3H3,(H,39,42)/b28-13-,36-14?. The summed E-state index contributed by atoms with van der Waals surface area (Å²) in [6.45, 7) is 5.26. The number of carbonyl (C=O) groups is 1. The van der Waals surface area contributed by atoms with Crippen molar-refractivity contribution in [2.24, 2.45) is 0 Å². The maximum atomic E-state index is 15.3. The van der Waals surface area contributed by atoms with Crippen molar-refractivity contribution in [1.29, 1.82) is 5.41 Å². The van der Waals surface area contributed by atoms with E-state index in [1.54, 1.807) is 26.1 Å². The van der Waals surface area contributed by atoms with Crippen molar-refractivity contribution in [3.63, 3.8) is 0 Å². The summed E-state index contributed by atoms with van der Waals surface area (Å²) < 4.78 is 36.7. The number of pyridine rings is 1. The Kier molecular flexibility index (Phi) is 8.66. The smallest absolute Gasteiger partial charge is 0.335 e. The fourth-order valence-electron chi connectivity index (χ4n) is 4.53. The Morgan fingerprint density at radius 3 is 2.51 bits per heavy atom. The van der Waals surface area contributed by atoms with Crippen LogP contribution < -0.4 is 26.6 Å². The summed E-state index contributed by atoms with van der Waals surface area (Å²) in [6.07, 6.45) is 7.02. The first kappa shape index (κ1) is 30.5. The number of halogens is 2. The summed E-state index contributed by atoms with van der Waals surface area (Å²) >= 11 is 0. The molecule has 5 rings (SSSR count). The molecule has 3 heterocycles. The summed E-state index contributed by atoms with van der Waals surface area (Å²) in [6, 6.07) is 13.6. The number of hydrogen-bond donors (Lipinski definition) is 3. The highest BCUT2D eigenvalue weighted by molar-refractivity contribution is 6.03. The Hall–Kier alpha value is -5.91. The quantitative estimate of drug-likeness (QED) is 0.234. The average molecular weight is 611 g/mol. The second-order valence-electron chi connectivity index (χ2n) is 10.3. The highest BCUT2D eigenvalue weighted by atomic mass is 19.1. The molecule has 0 saturated carbocycles. The van der Waals surface area contributed by atoms with Crippen molar-refractivity contribution in [2.45, 2.75) is 26.8 Å². The van der Waals surface area contributed by atoms with Crippen LogP contribution in [-0.4, -0.2) is 26.2 Å². The lowest BCUT2D eigenvalue weighted by atomic mass is 10.1. The van der Waals surface area contributed by atoms with Crippen LogP contribution >= 0.6 is 0 Å². The normalized spacial score (nSPS) is 13.6. The molecule has 2 aromatic carbocycles. The lowest BCUT2D eigenvalue weighted by molar-refractivity contribution is 0.102. The first-order valence-corrected chi connectivity index (χ1v) is 13.8. The zero-order valence-electron chi connectivity index (χ0n) is 24.5. The number of aromatic nitrogens is 3. The number of nitrogens with zero attached hydrogens (tertiary/aromatic N) is 3. The van der Waals surface area contributed by atoms with Crippen LogP contribution in [0.4, 0.5) is 14.5 Å². The lowest BCUT2D eigenvalue weighted by Gasteiger charge is -2.19. The molecule has 0 saturated heterocycles. The third-order valence-corrected chi connectivity index (χ3v) is 6.78. The van der Waals surface area contributed by atoms with E-state index in [2.05, 4.69) is 15.6 Å². The number of nitrogens with one attached hydrogen (secondary N) is 3. The Morgan fingerprint density at radius 2 is 1.84 bits per heavy atom. The van der Waals surface area contributed by atoms with Crippen molar-refractivity contribution < 1.29 is 18.3 Å². The van der Waals surface area contributed by atoms with Crippen LogP contribution in [0.1, 0.15) is 41.6 Å². The second-order valence-corrected chi connectivity index (χ2v) is 10.3. The third kappa shape index (κ3) is 6.54. The molecule has 3 N–H and O–H groups in total. The van der Waals surface area contributed by atoms with Crippen LogP contribution in [0, 0.1) is 24.0 Å². The van der Waals surface area contributed by atoms with Crippen LogP contribution in [0.2, 0.25) is 0 Å². The van der Waals surface area contributed by atoms with Gasteiger partial charge in [-0.05, 0) is 81.5 Å². The van der Waals surface area contributed by atoms with Gasteiger partial charge < -0.3 is 20.8 Å². The van der Waals surface area contributed by atoms with Gasteiger partial charge in [0.1, 0.15) is 11.4 Å². The van der Waals surface area contributed by atoms with Crippen molar-refractivity contribution >= 4 is 23.4 Å². The number of benzene rings is 2. The summed E-state index contributed by atoms with van der Waals surface area (Å²) in [5.74, 6) is -2.19. The number of allylic oxidation sites excluding steroid dienone is 3. The van der Waals surface area contributed by atoms with E-state index in [9.17, 15) is 18.8 Å². The van der Waals surface area contributed by atoms with Crippen molar-refractivity contribution in [3.8, 4) is 11.4 Å². The van der Waals surface area contributed by atoms with Crippen LogP contribution in [0.3, 0.4) is 0 Å². The summed E-state index contributed by atoms with van der Waals surface area (Å²) in [5, 5.41) is 13.0. The SMILES string of the molecule is Cc1cccc(C2=CN/C(=C\C=N)C(Oc3ccc(NC(=O)c4cn(C(C)C)c(=O)n(-c5ccc(F)cc5)c4=O)cc3F)=C2)n1. The molecule has 0 radical (unpaired) electrons. The van der Waals surface area contributed by atoms with E-state index >= 15 is 4.39 Å². The zero-order chi connectivity index (χ0) is 32.2. The number of ether oxygens (including phenoxy) is 1. The van der Waals surface area contributed by atoms with Crippen molar-refractivity contribution in [2.75, 3.05) is 5.32 Å². The van der Waals surface area contributed by atoms with Gasteiger partial charge in [0.25, 0.3) is 11.5 Å². The zero-order valence-corrected chi connectivity index (χ0v) is 24.5. The van der Waals surface area contributed by atoms with E-state index in [1.807, 2.05) is 25.1 Å². The Balaban J connectivity index is 1.43. The largest absolute Gasteiger partial charge is 0.452 e. The molecule has 1 amide bonds. The Morgan fingerprint density at radius 1 is 1.09 bits per heavy atom. The van der Waals surface area contributed by atoms with Gasteiger partial charge in [0.15, 0.2) is 17.3 Å². The molecule has 2 aromatic heterocycles. The fraction of sp³-hybridized carbons (Fsp3) is 0.121. The highest BCUT2D eigenvalue weighted by Gasteiger charge is 2.21. The average Bonchev–Trinajstić information content (AvgIpc) is 3.00. The molecule has 1 aliphatic heterocycles. The van der Waals surface area contributed by atoms with Gasteiger partial charge in [-0.2, -0.15) is 0 Å². The molecule has 4 aromatic rings. The molecule has 228 valence electrons. The van der Waals surface area contributed by atoms with Gasteiger partial charge in [-0.25, -0.2) is 18.1 Å². The molecule has 0 atom stereocenters. The fourth-order valence-corrected chi connectivity index (χ4v) is 4.53. The third-order valence-electron chi connectivity index (χ3n) is 6.78. The summed E-state index contributed by atoms with van der Waals surface area (Å²) in [4.78, 5) is 44.2. The number of carbonyl (C=O) groups excluding carboxylic acids is 1. The number of anilines is 1. The van der Waals surface area contributed by atoms with Gasteiger partial charge in [0.2, 0.25) is 0 Å². The first-order valence-electron chi connectivity index (χ1n) is 13.8. The molecule has 12 heteroatoms. The number of dihydropyridines is 1. The lowest BCUT2D eigenvalue weighted by Crippen LogP contribution is -2.42. The van der Waals surface area contributed by atoms with Gasteiger partial charge in [-0.15, -0.1) is 0 Å². The highest BCUT2D eigenvalue weighted by Crippen LogP contribution is 2.28. The molecule has 1 aliphatic rings. The van der Waals surface area contributed by atoms with E-state index < -0.39 is 34.8 Å². The predicted octanol–water partition coefficient (Wildman–Crippen LogP) is 5.25. The molecule has 0 fully saturated rings. The van der Waals surface area contributed by atoms with Crippen molar-refractivity contribution in [1.82, 2.24) is 19.4 Å². The molecule has 0 spiro atoms. The van der Waals surface area contributed by atoms with E-state index in [0.717, 1.165) is 40.9 Å². The van der Waals surface area contributed by atoms with E-state index in [0.29, 0.717) is 17.0 Å². The second kappa shape index (κ2) is 12.8. The predicted molar refractivity (Wildman–Crippen MR) is 167 cm³/mol. The minimum Gasteiger partial charge on any atom is -0.452 e. The first-order chi connectivity index (χ1) is 21.5. The Bertz CT molecular complexity index is 2020. The number of hydrogen-bond acceptors (Lipinski definition) is 7. The molecule has 10 nitrogen and oxygen atoms in total. The summed E-state index contributed by atoms with van der Waals surface area (Å²) in [5.41, 5.74) is 0.671.